The Hall–Kier alpha value is -2.16. The molecule has 0 aliphatic carbocycles. The molecule has 2 heterocycles. The van der Waals surface area contributed by atoms with Gasteiger partial charge < -0.3 is 5.32 Å². The Bertz CT molecular complexity index is 993. The van der Waals surface area contributed by atoms with E-state index < -0.39 is 5.25 Å². The first-order valence-electron chi connectivity index (χ1n) is 7.99. The number of rotatable bonds is 5. The molecule has 0 aliphatic heterocycles. The summed E-state index contributed by atoms with van der Waals surface area (Å²) in [5, 5.41) is 15.2. The van der Waals surface area contributed by atoms with Gasteiger partial charge in [-0.25, -0.2) is 4.98 Å². The van der Waals surface area contributed by atoms with Crippen LogP contribution >= 0.6 is 35.0 Å². The van der Waals surface area contributed by atoms with E-state index in [0.717, 1.165) is 16.8 Å². The van der Waals surface area contributed by atoms with E-state index in [1.807, 2.05) is 26.0 Å². The predicted molar refractivity (Wildman–Crippen MR) is 107 cm³/mol. The molecule has 0 fully saturated rings. The molecule has 10 heteroatoms. The van der Waals surface area contributed by atoms with Crippen LogP contribution in [0.5, 0.6) is 0 Å². The second kappa shape index (κ2) is 8.24. The summed E-state index contributed by atoms with van der Waals surface area (Å²) in [5.74, 6) is -0.0145. The highest BCUT2D eigenvalue weighted by molar-refractivity contribution is 8.00. The highest BCUT2D eigenvalue weighted by atomic mass is 35.5. The third kappa shape index (κ3) is 4.58. The Kier molecular flexibility index (Phi) is 5.98. The Morgan fingerprint density at radius 3 is 2.74 bits per heavy atom. The summed E-state index contributed by atoms with van der Waals surface area (Å²) >= 11 is 13.1. The van der Waals surface area contributed by atoms with Gasteiger partial charge >= 0.3 is 0 Å². The summed E-state index contributed by atoms with van der Waals surface area (Å²) < 4.78 is 1.62. The number of aryl methyl sites for hydroxylation is 2. The van der Waals surface area contributed by atoms with Crippen molar-refractivity contribution >= 4 is 46.7 Å². The third-order valence-corrected chi connectivity index (χ3v) is 5.25. The molecular weight excluding hydrogens is 407 g/mol. The van der Waals surface area contributed by atoms with Crippen LogP contribution in [-0.2, 0) is 4.79 Å². The van der Waals surface area contributed by atoms with Crippen molar-refractivity contribution in [3.05, 3.63) is 51.6 Å². The molecule has 3 rings (SSSR count). The zero-order valence-electron chi connectivity index (χ0n) is 14.8. The van der Waals surface area contributed by atoms with Crippen molar-refractivity contribution in [2.75, 3.05) is 5.32 Å². The molecule has 0 aliphatic rings. The molecule has 27 heavy (non-hydrogen) atoms. The molecule has 3 aromatic rings. The van der Waals surface area contributed by atoms with Crippen LogP contribution in [0.4, 0.5) is 5.82 Å². The average Bonchev–Trinajstić information content (AvgIpc) is 3.05. The predicted octanol–water partition coefficient (Wildman–Crippen LogP) is 4.10. The smallest absolute Gasteiger partial charge is 0.238 e. The van der Waals surface area contributed by atoms with Crippen LogP contribution in [0.25, 0.3) is 5.69 Å². The number of nitrogens with zero attached hydrogens (tertiary/aromatic N) is 5. The van der Waals surface area contributed by atoms with E-state index in [1.165, 1.54) is 24.0 Å². The number of aromatic nitrogens is 5. The van der Waals surface area contributed by atoms with Gasteiger partial charge in [-0.05, 0) is 48.9 Å². The largest absolute Gasteiger partial charge is 0.308 e. The first kappa shape index (κ1) is 19.6. The maximum atomic E-state index is 12.5. The fourth-order valence-corrected chi connectivity index (χ4v) is 3.61. The lowest BCUT2D eigenvalue weighted by Gasteiger charge is -2.13. The van der Waals surface area contributed by atoms with E-state index in [0.29, 0.717) is 10.2 Å². The van der Waals surface area contributed by atoms with E-state index >= 15 is 0 Å². The molecule has 7 nitrogen and oxygen atoms in total. The normalized spacial score (nSPS) is 12.0. The van der Waals surface area contributed by atoms with Crippen LogP contribution in [0.1, 0.15) is 18.1 Å². The zero-order valence-corrected chi connectivity index (χ0v) is 17.1. The maximum absolute atomic E-state index is 12.5. The molecule has 0 radical (unpaired) electrons. The van der Waals surface area contributed by atoms with Crippen molar-refractivity contribution < 1.29 is 4.79 Å². The van der Waals surface area contributed by atoms with Gasteiger partial charge in [0, 0.05) is 6.20 Å². The van der Waals surface area contributed by atoms with Gasteiger partial charge in [0.1, 0.15) is 0 Å². The van der Waals surface area contributed by atoms with E-state index in [9.17, 15) is 4.79 Å². The van der Waals surface area contributed by atoms with Crippen molar-refractivity contribution in [1.29, 1.82) is 0 Å². The summed E-state index contributed by atoms with van der Waals surface area (Å²) in [6, 6.07) is 7.51. The number of nitrogens with one attached hydrogen (secondary N) is 1. The summed E-state index contributed by atoms with van der Waals surface area (Å²) in [5.41, 5.74) is 3.06. The summed E-state index contributed by atoms with van der Waals surface area (Å²) in [6.07, 6.45) is 1.42. The minimum atomic E-state index is -0.478. The number of thioether (sulfide) groups is 1. The molecule has 0 saturated carbocycles. The van der Waals surface area contributed by atoms with Crippen molar-refractivity contribution in [2.45, 2.75) is 31.2 Å². The van der Waals surface area contributed by atoms with Crippen molar-refractivity contribution in [2.24, 2.45) is 0 Å². The average molecular weight is 423 g/mol. The Labute approximate surface area is 170 Å². The fraction of sp³-hybridized carbons (Fsp3) is 0.235. The summed E-state index contributed by atoms with van der Waals surface area (Å²) in [6.45, 7) is 5.77. The van der Waals surface area contributed by atoms with Crippen molar-refractivity contribution in [1.82, 2.24) is 25.2 Å². The molecule has 0 spiro atoms. The van der Waals surface area contributed by atoms with E-state index in [2.05, 4.69) is 31.9 Å². The third-order valence-electron chi connectivity index (χ3n) is 3.72. The highest BCUT2D eigenvalue weighted by Gasteiger charge is 2.21. The van der Waals surface area contributed by atoms with Crippen molar-refractivity contribution in [3.8, 4) is 5.69 Å². The first-order valence-corrected chi connectivity index (χ1v) is 9.63. The Morgan fingerprint density at radius 1 is 1.26 bits per heavy atom. The molecule has 1 aromatic carbocycles. The second-order valence-electron chi connectivity index (χ2n) is 5.90. The number of carbonyl (C=O) groups excluding carboxylic acids is 1. The van der Waals surface area contributed by atoms with Gasteiger partial charge in [0.15, 0.2) is 5.82 Å². The Morgan fingerprint density at radius 2 is 2.04 bits per heavy atom. The number of carbonyl (C=O) groups is 1. The molecular formula is C17H16Cl2N6OS. The molecule has 1 amide bonds. The van der Waals surface area contributed by atoms with Gasteiger partial charge in [-0.15, -0.1) is 5.10 Å². The minimum Gasteiger partial charge on any atom is -0.308 e. The molecule has 0 saturated heterocycles. The quantitative estimate of drug-likeness (QED) is 0.622. The van der Waals surface area contributed by atoms with Crippen LogP contribution in [0, 0.1) is 13.8 Å². The Balaban J connectivity index is 1.76. The van der Waals surface area contributed by atoms with Gasteiger partial charge in [-0.3, -0.25) is 4.79 Å². The van der Waals surface area contributed by atoms with Crippen LogP contribution in [0.15, 0.2) is 35.6 Å². The molecule has 1 N–H and O–H groups in total. The highest BCUT2D eigenvalue weighted by Crippen LogP contribution is 2.27. The van der Waals surface area contributed by atoms with Gasteiger partial charge in [0.2, 0.25) is 11.1 Å². The topological polar surface area (TPSA) is 85.6 Å². The summed E-state index contributed by atoms with van der Waals surface area (Å²) in [7, 11) is 0. The number of tetrazole rings is 1. The number of hydrogen-bond donors (Lipinski definition) is 1. The standard InChI is InChI=1S/C17H16Cl2N6OS/c1-9-4-5-14(10(2)6-9)25-17(22-23-24-25)27-11(3)16(26)21-15-13(19)7-12(18)8-20-15/h4-8,11H,1-3H3,(H,20,21,26). The lowest BCUT2D eigenvalue weighted by Crippen LogP contribution is -2.23. The number of benzene rings is 1. The van der Waals surface area contributed by atoms with Crippen LogP contribution in [-0.4, -0.2) is 36.3 Å². The second-order valence-corrected chi connectivity index (χ2v) is 8.05. The van der Waals surface area contributed by atoms with E-state index in [-0.39, 0.29) is 16.7 Å². The SMILES string of the molecule is Cc1ccc(-n2nnnc2SC(C)C(=O)Nc2ncc(Cl)cc2Cl)c(C)c1. The van der Waals surface area contributed by atoms with E-state index in [4.69, 9.17) is 23.2 Å². The zero-order chi connectivity index (χ0) is 19.6. The molecule has 1 atom stereocenters. The maximum Gasteiger partial charge on any atom is 0.238 e. The first-order chi connectivity index (χ1) is 12.8. The van der Waals surface area contributed by atoms with Gasteiger partial charge in [0.25, 0.3) is 0 Å². The van der Waals surface area contributed by atoms with Gasteiger partial charge in [-0.1, -0.05) is 52.7 Å². The molecule has 2 aromatic heterocycles. The number of pyridine rings is 1. The number of anilines is 1. The lowest BCUT2D eigenvalue weighted by molar-refractivity contribution is -0.115. The van der Waals surface area contributed by atoms with Crippen molar-refractivity contribution in [3.63, 3.8) is 0 Å². The summed E-state index contributed by atoms with van der Waals surface area (Å²) in [4.78, 5) is 16.5. The molecule has 0 bridgehead atoms. The van der Waals surface area contributed by atoms with Crippen LogP contribution in [0.3, 0.4) is 0 Å². The molecule has 140 valence electrons. The van der Waals surface area contributed by atoms with Gasteiger partial charge in [0.05, 0.1) is 21.0 Å². The number of halogens is 2. The monoisotopic (exact) mass is 422 g/mol. The van der Waals surface area contributed by atoms with E-state index in [1.54, 1.807) is 11.6 Å². The van der Waals surface area contributed by atoms with Gasteiger partial charge in [-0.2, -0.15) is 4.68 Å². The molecule has 1 unspecified atom stereocenters. The minimum absolute atomic E-state index is 0.257. The van der Waals surface area contributed by atoms with Crippen LogP contribution < -0.4 is 5.32 Å². The lowest BCUT2D eigenvalue weighted by atomic mass is 10.1. The fourth-order valence-electron chi connectivity index (χ4n) is 2.38. The van der Waals surface area contributed by atoms with Crippen LogP contribution in [0.2, 0.25) is 10.0 Å². The number of amides is 1. The number of hydrogen-bond acceptors (Lipinski definition) is 6.